The van der Waals surface area contributed by atoms with Gasteiger partial charge >= 0.3 is 0 Å². The minimum atomic E-state index is -0.135. The normalized spacial score (nSPS) is 19.5. The summed E-state index contributed by atoms with van der Waals surface area (Å²) >= 11 is 0. The van der Waals surface area contributed by atoms with Crippen LogP contribution in [-0.2, 0) is 16.1 Å². The average Bonchev–Trinajstić information content (AvgIpc) is 2.84. The molecule has 6 nitrogen and oxygen atoms in total. The number of anilines is 1. The number of hydrogen-bond acceptors (Lipinski definition) is 5. The van der Waals surface area contributed by atoms with Crippen LogP contribution in [0.15, 0.2) is 54.6 Å². The Morgan fingerprint density at radius 3 is 2.31 bits per heavy atom. The standard InChI is InChI=1S/C26H35N3O3/c1-2-25(31)29(23-10-6-7-11-24(23)30)21-26(12-18-32-19-13-26)28-16-14-27(15-17-28)20-22-8-4-3-5-9-22/h3-11,30H,2,12-21H2,1H3. The molecule has 2 saturated heterocycles. The fraction of sp³-hybridized carbons (Fsp3) is 0.500. The van der Waals surface area contributed by atoms with Gasteiger partial charge in [0, 0.05) is 64.4 Å². The number of hydrogen-bond donors (Lipinski definition) is 1. The molecule has 32 heavy (non-hydrogen) atoms. The zero-order chi connectivity index (χ0) is 22.4. The molecule has 0 aliphatic carbocycles. The van der Waals surface area contributed by atoms with Gasteiger partial charge in [0.1, 0.15) is 5.75 Å². The second-order valence-corrected chi connectivity index (χ2v) is 8.91. The van der Waals surface area contributed by atoms with Crippen molar-refractivity contribution in [3.05, 3.63) is 60.2 Å². The number of phenolic OH excluding ortho intramolecular Hbond substituents is 1. The maximum Gasteiger partial charge on any atom is 0.226 e. The van der Waals surface area contributed by atoms with Gasteiger partial charge in [-0.1, -0.05) is 49.4 Å². The van der Waals surface area contributed by atoms with E-state index in [1.165, 1.54) is 5.56 Å². The van der Waals surface area contributed by atoms with E-state index in [1.807, 2.05) is 19.1 Å². The fourth-order valence-electron chi connectivity index (χ4n) is 5.03. The first-order valence-electron chi connectivity index (χ1n) is 11.8. The number of piperazine rings is 1. The maximum atomic E-state index is 13.0. The minimum absolute atomic E-state index is 0.0417. The highest BCUT2D eigenvalue weighted by molar-refractivity contribution is 5.94. The summed E-state index contributed by atoms with van der Waals surface area (Å²) in [5.41, 5.74) is 1.82. The Morgan fingerprint density at radius 2 is 1.66 bits per heavy atom. The second-order valence-electron chi connectivity index (χ2n) is 8.91. The molecule has 2 heterocycles. The number of carbonyl (C=O) groups is 1. The molecule has 0 aromatic heterocycles. The van der Waals surface area contributed by atoms with Crippen molar-refractivity contribution in [2.45, 2.75) is 38.3 Å². The van der Waals surface area contributed by atoms with Gasteiger partial charge in [-0.25, -0.2) is 0 Å². The van der Waals surface area contributed by atoms with Gasteiger partial charge in [-0.3, -0.25) is 14.6 Å². The van der Waals surface area contributed by atoms with Crippen molar-refractivity contribution >= 4 is 11.6 Å². The first-order valence-corrected chi connectivity index (χ1v) is 11.8. The van der Waals surface area contributed by atoms with Crippen LogP contribution in [0.2, 0.25) is 0 Å². The maximum absolute atomic E-state index is 13.0. The van der Waals surface area contributed by atoms with Crippen molar-refractivity contribution < 1.29 is 14.6 Å². The van der Waals surface area contributed by atoms with Crippen molar-refractivity contribution in [1.29, 1.82) is 0 Å². The molecule has 4 rings (SSSR count). The van der Waals surface area contributed by atoms with E-state index in [9.17, 15) is 9.90 Å². The molecule has 0 saturated carbocycles. The zero-order valence-corrected chi connectivity index (χ0v) is 19.1. The Hall–Kier alpha value is -2.41. The summed E-state index contributed by atoms with van der Waals surface area (Å²) in [7, 11) is 0. The number of rotatable bonds is 7. The summed E-state index contributed by atoms with van der Waals surface area (Å²) in [5.74, 6) is 0.198. The third kappa shape index (κ3) is 5.14. The van der Waals surface area contributed by atoms with Gasteiger partial charge in [0.15, 0.2) is 0 Å². The largest absolute Gasteiger partial charge is 0.506 e. The molecule has 2 aromatic carbocycles. The zero-order valence-electron chi connectivity index (χ0n) is 19.1. The number of amides is 1. The topological polar surface area (TPSA) is 56.3 Å². The highest BCUT2D eigenvalue weighted by Crippen LogP contribution is 2.35. The van der Waals surface area contributed by atoms with Gasteiger partial charge in [0.2, 0.25) is 5.91 Å². The third-order valence-electron chi connectivity index (χ3n) is 6.94. The van der Waals surface area contributed by atoms with Crippen molar-refractivity contribution in [3.8, 4) is 5.75 Å². The number of benzene rings is 2. The number of para-hydroxylation sites is 2. The predicted molar refractivity (Wildman–Crippen MR) is 127 cm³/mol. The number of carbonyl (C=O) groups excluding carboxylic acids is 1. The van der Waals surface area contributed by atoms with E-state index in [4.69, 9.17) is 4.74 Å². The molecule has 6 heteroatoms. The van der Waals surface area contributed by atoms with Crippen molar-refractivity contribution in [2.24, 2.45) is 0 Å². The molecular formula is C26H35N3O3. The van der Waals surface area contributed by atoms with E-state index in [-0.39, 0.29) is 17.2 Å². The smallest absolute Gasteiger partial charge is 0.226 e. The SMILES string of the molecule is CCC(=O)N(CC1(N2CCN(Cc3ccccc3)CC2)CCOCC1)c1ccccc1O. The number of nitrogens with zero attached hydrogens (tertiary/aromatic N) is 3. The monoisotopic (exact) mass is 437 g/mol. The van der Waals surface area contributed by atoms with E-state index in [0.29, 0.717) is 31.9 Å². The van der Waals surface area contributed by atoms with E-state index >= 15 is 0 Å². The second kappa shape index (κ2) is 10.5. The highest BCUT2D eigenvalue weighted by Gasteiger charge is 2.42. The van der Waals surface area contributed by atoms with E-state index in [2.05, 4.69) is 40.1 Å². The summed E-state index contributed by atoms with van der Waals surface area (Å²) in [6.45, 7) is 8.82. The Kier molecular flexibility index (Phi) is 7.45. The van der Waals surface area contributed by atoms with E-state index in [0.717, 1.165) is 45.6 Å². The van der Waals surface area contributed by atoms with Crippen LogP contribution in [-0.4, -0.2) is 72.3 Å². The van der Waals surface area contributed by atoms with Crippen LogP contribution in [0, 0.1) is 0 Å². The number of phenols is 1. The lowest BCUT2D eigenvalue weighted by Gasteiger charge is -2.51. The van der Waals surface area contributed by atoms with Crippen LogP contribution in [0.5, 0.6) is 5.75 Å². The van der Waals surface area contributed by atoms with Crippen molar-refractivity contribution in [2.75, 3.05) is 50.8 Å². The molecule has 2 aliphatic heterocycles. The quantitative estimate of drug-likeness (QED) is 0.719. The van der Waals surface area contributed by atoms with Crippen molar-refractivity contribution in [3.63, 3.8) is 0 Å². The van der Waals surface area contributed by atoms with Crippen LogP contribution in [0.25, 0.3) is 0 Å². The third-order valence-corrected chi connectivity index (χ3v) is 6.94. The lowest BCUT2D eigenvalue weighted by molar-refractivity contribution is -0.119. The Bertz CT molecular complexity index is 875. The number of aromatic hydroxyl groups is 1. The first-order chi connectivity index (χ1) is 15.6. The molecule has 0 atom stereocenters. The Balaban J connectivity index is 1.51. The lowest BCUT2D eigenvalue weighted by atomic mass is 9.86. The molecule has 0 radical (unpaired) electrons. The predicted octanol–water partition coefficient (Wildman–Crippen LogP) is 3.50. The van der Waals surface area contributed by atoms with Crippen LogP contribution in [0.4, 0.5) is 5.69 Å². The van der Waals surface area contributed by atoms with Gasteiger partial charge in [-0.05, 0) is 30.5 Å². The molecule has 2 fully saturated rings. The van der Waals surface area contributed by atoms with Gasteiger partial charge in [0.05, 0.1) is 5.69 Å². The average molecular weight is 438 g/mol. The van der Waals surface area contributed by atoms with Crippen LogP contribution >= 0.6 is 0 Å². The molecule has 0 spiro atoms. The molecular weight excluding hydrogens is 402 g/mol. The van der Waals surface area contributed by atoms with Gasteiger partial charge < -0.3 is 14.7 Å². The van der Waals surface area contributed by atoms with Gasteiger partial charge in [-0.15, -0.1) is 0 Å². The first kappa shape index (κ1) is 22.8. The summed E-state index contributed by atoms with van der Waals surface area (Å²) < 4.78 is 5.72. The molecule has 0 bridgehead atoms. The summed E-state index contributed by atoms with van der Waals surface area (Å²) in [4.78, 5) is 19.9. The van der Waals surface area contributed by atoms with E-state index < -0.39 is 0 Å². The van der Waals surface area contributed by atoms with Crippen LogP contribution < -0.4 is 4.90 Å². The fourth-order valence-corrected chi connectivity index (χ4v) is 5.03. The Labute approximate surface area is 191 Å². The minimum Gasteiger partial charge on any atom is -0.506 e. The highest BCUT2D eigenvalue weighted by atomic mass is 16.5. The molecule has 1 N–H and O–H groups in total. The molecule has 172 valence electrons. The molecule has 2 aliphatic rings. The summed E-state index contributed by atoms with van der Waals surface area (Å²) in [5, 5.41) is 10.5. The molecule has 2 aromatic rings. The van der Waals surface area contributed by atoms with Gasteiger partial charge in [-0.2, -0.15) is 0 Å². The van der Waals surface area contributed by atoms with Crippen LogP contribution in [0.1, 0.15) is 31.7 Å². The van der Waals surface area contributed by atoms with Crippen LogP contribution in [0.3, 0.4) is 0 Å². The number of ether oxygens (including phenoxy) is 1. The van der Waals surface area contributed by atoms with Gasteiger partial charge in [0.25, 0.3) is 0 Å². The molecule has 0 unspecified atom stereocenters. The van der Waals surface area contributed by atoms with E-state index in [1.54, 1.807) is 17.0 Å². The summed E-state index contributed by atoms with van der Waals surface area (Å²) in [6.07, 6.45) is 2.20. The van der Waals surface area contributed by atoms with Crippen molar-refractivity contribution in [1.82, 2.24) is 9.80 Å². The Morgan fingerprint density at radius 1 is 1.00 bits per heavy atom. The lowest BCUT2D eigenvalue weighted by Crippen LogP contribution is -2.63. The summed E-state index contributed by atoms with van der Waals surface area (Å²) in [6, 6.07) is 17.8. The molecule has 1 amide bonds.